The van der Waals surface area contributed by atoms with Crippen LogP contribution in [0.25, 0.3) is 0 Å². The average molecular weight is 258 g/mol. The third kappa shape index (κ3) is 1.96. The highest BCUT2D eigenvalue weighted by atomic mass is 32.2. The van der Waals surface area contributed by atoms with Crippen molar-refractivity contribution >= 4 is 9.84 Å². The fraction of sp³-hybridized carbons (Fsp3) is 0.455. The van der Waals surface area contributed by atoms with Crippen molar-refractivity contribution in [1.82, 2.24) is 0 Å². The van der Waals surface area contributed by atoms with Gasteiger partial charge in [0.25, 0.3) is 0 Å². The van der Waals surface area contributed by atoms with E-state index >= 15 is 0 Å². The third-order valence-corrected chi connectivity index (χ3v) is 4.98. The zero-order chi connectivity index (χ0) is 12.8. The van der Waals surface area contributed by atoms with Crippen LogP contribution in [-0.4, -0.2) is 32.0 Å². The number of nitrogens with two attached hydrogens (primary N) is 2. The van der Waals surface area contributed by atoms with Crippen molar-refractivity contribution in [3.8, 4) is 0 Å². The fourth-order valence-electron chi connectivity index (χ4n) is 2.47. The van der Waals surface area contributed by atoms with Crippen molar-refractivity contribution in [2.45, 2.75) is 16.7 Å². The molecule has 94 valence electrons. The monoisotopic (exact) mass is 258 g/mol. The molecule has 1 aliphatic rings. The lowest BCUT2D eigenvalue weighted by Gasteiger charge is -2.07. The van der Waals surface area contributed by atoms with Gasteiger partial charge in [0.2, 0.25) is 0 Å². The van der Waals surface area contributed by atoms with Gasteiger partial charge in [0.05, 0.1) is 10.8 Å². The van der Waals surface area contributed by atoms with E-state index in [-0.39, 0.29) is 18.3 Å². The largest absolute Gasteiger partial charge is 0.329 e. The Labute approximate surface area is 99.7 Å². The molecule has 1 aromatic rings. The molecule has 17 heavy (non-hydrogen) atoms. The maximum Gasteiger partial charge on any atom is 0.152 e. The molecular weight excluding hydrogens is 243 g/mol. The molecule has 4 nitrogen and oxygen atoms in total. The SMILES string of the molecule is CS(=O)(=O)[C@H]1[C@H](c2ccc(F)cc2)[C@@]1(N)CN. The topological polar surface area (TPSA) is 86.2 Å². The molecule has 4 N–H and O–H groups in total. The first-order chi connectivity index (χ1) is 7.80. The Bertz CT molecular complexity index is 529. The number of hydrogen-bond donors (Lipinski definition) is 2. The Morgan fingerprint density at radius 2 is 1.88 bits per heavy atom. The van der Waals surface area contributed by atoms with Crippen LogP contribution < -0.4 is 11.5 Å². The minimum atomic E-state index is -3.26. The van der Waals surface area contributed by atoms with Gasteiger partial charge in [0, 0.05) is 18.7 Å². The van der Waals surface area contributed by atoms with Crippen LogP contribution in [0.2, 0.25) is 0 Å². The Morgan fingerprint density at radius 1 is 1.35 bits per heavy atom. The minimum Gasteiger partial charge on any atom is -0.329 e. The lowest BCUT2D eigenvalue weighted by Crippen LogP contribution is -2.38. The highest BCUT2D eigenvalue weighted by molar-refractivity contribution is 7.91. The predicted octanol–water partition coefficient (Wildman–Crippen LogP) is -0.00770. The summed E-state index contributed by atoms with van der Waals surface area (Å²) in [6.45, 7) is 0.0901. The molecule has 1 fully saturated rings. The van der Waals surface area contributed by atoms with Gasteiger partial charge in [-0.05, 0) is 17.7 Å². The Hall–Kier alpha value is -0.980. The van der Waals surface area contributed by atoms with Crippen LogP contribution in [-0.2, 0) is 9.84 Å². The van der Waals surface area contributed by atoms with Gasteiger partial charge in [-0.2, -0.15) is 0 Å². The van der Waals surface area contributed by atoms with Crippen LogP contribution in [0, 0.1) is 5.82 Å². The summed E-state index contributed by atoms with van der Waals surface area (Å²) in [5, 5.41) is -0.675. The van der Waals surface area contributed by atoms with Crippen LogP contribution in [0.3, 0.4) is 0 Å². The molecule has 0 heterocycles. The maximum atomic E-state index is 12.8. The number of rotatable bonds is 3. The van der Waals surface area contributed by atoms with E-state index < -0.39 is 20.6 Å². The van der Waals surface area contributed by atoms with Gasteiger partial charge in [-0.15, -0.1) is 0 Å². The molecule has 0 saturated heterocycles. The second kappa shape index (κ2) is 3.76. The summed E-state index contributed by atoms with van der Waals surface area (Å²) in [5.41, 5.74) is 11.3. The molecule has 0 aliphatic heterocycles. The molecule has 2 rings (SSSR count). The van der Waals surface area contributed by atoms with Gasteiger partial charge in [0.15, 0.2) is 9.84 Å². The van der Waals surface area contributed by atoms with Gasteiger partial charge < -0.3 is 11.5 Å². The normalized spacial score (nSPS) is 32.5. The first-order valence-corrected chi connectivity index (χ1v) is 7.19. The first kappa shape index (κ1) is 12.5. The molecule has 0 unspecified atom stereocenters. The predicted molar refractivity (Wildman–Crippen MR) is 63.7 cm³/mol. The second-order valence-electron chi connectivity index (χ2n) is 4.60. The van der Waals surface area contributed by atoms with Crippen molar-refractivity contribution in [3.63, 3.8) is 0 Å². The van der Waals surface area contributed by atoms with Gasteiger partial charge in [-0.1, -0.05) is 12.1 Å². The van der Waals surface area contributed by atoms with Crippen LogP contribution in [0.15, 0.2) is 24.3 Å². The van der Waals surface area contributed by atoms with E-state index in [1.165, 1.54) is 12.1 Å². The molecule has 0 bridgehead atoms. The van der Waals surface area contributed by atoms with Crippen molar-refractivity contribution in [2.75, 3.05) is 12.8 Å². The maximum absolute atomic E-state index is 12.8. The molecule has 1 aromatic carbocycles. The zero-order valence-corrected chi connectivity index (χ0v) is 10.2. The van der Waals surface area contributed by atoms with Gasteiger partial charge in [0.1, 0.15) is 5.82 Å². The zero-order valence-electron chi connectivity index (χ0n) is 9.43. The van der Waals surface area contributed by atoms with E-state index in [0.29, 0.717) is 0 Å². The minimum absolute atomic E-state index is 0.0901. The first-order valence-electron chi connectivity index (χ1n) is 5.24. The Morgan fingerprint density at radius 3 is 2.24 bits per heavy atom. The van der Waals surface area contributed by atoms with Crippen LogP contribution in [0.1, 0.15) is 11.5 Å². The van der Waals surface area contributed by atoms with E-state index in [1.54, 1.807) is 12.1 Å². The summed E-state index contributed by atoms with van der Waals surface area (Å²) in [7, 11) is -3.26. The van der Waals surface area contributed by atoms with E-state index in [1.807, 2.05) is 0 Å². The molecule has 1 saturated carbocycles. The summed E-state index contributed by atoms with van der Waals surface area (Å²) in [4.78, 5) is 0. The number of sulfone groups is 1. The van der Waals surface area contributed by atoms with Gasteiger partial charge in [-0.25, -0.2) is 12.8 Å². The average Bonchev–Trinajstić information content (AvgIpc) is 2.87. The van der Waals surface area contributed by atoms with Crippen LogP contribution in [0.4, 0.5) is 4.39 Å². The van der Waals surface area contributed by atoms with Crippen molar-refractivity contribution in [2.24, 2.45) is 11.5 Å². The third-order valence-electron chi connectivity index (χ3n) is 3.35. The molecule has 0 aromatic heterocycles. The van der Waals surface area contributed by atoms with Crippen molar-refractivity contribution in [3.05, 3.63) is 35.6 Å². The molecule has 0 spiro atoms. The van der Waals surface area contributed by atoms with E-state index in [4.69, 9.17) is 11.5 Å². The Balaban J connectivity index is 2.37. The smallest absolute Gasteiger partial charge is 0.152 e. The fourth-order valence-corrected chi connectivity index (χ4v) is 4.33. The molecule has 0 radical (unpaired) electrons. The number of hydrogen-bond acceptors (Lipinski definition) is 4. The van der Waals surface area contributed by atoms with Crippen LogP contribution in [0.5, 0.6) is 0 Å². The molecule has 6 heteroatoms. The molecule has 3 atom stereocenters. The number of halogens is 1. The number of benzene rings is 1. The van der Waals surface area contributed by atoms with Crippen LogP contribution >= 0.6 is 0 Å². The van der Waals surface area contributed by atoms with E-state index in [2.05, 4.69) is 0 Å². The highest BCUT2D eigenvalue weighted by Gasteiger charge is 2.67. The quantitative estimate of drug-likeness (QED) is 0.798. The lowest BCUT2D eigenvalue weighted by atomic mass is 10.1. The highest BCUT2D eigenvalue weighted by Crippen LogP contribution is 2.53. The lowest BCUT2D eigenvalue weighted by molar-refractivity contribution is 0.591. The summed E-state index contributed by atoms with van der Waals surface area (Å²) in [6, 6.07) is 5.71. The van der Waals surface area contributed by atoms with Gasteiger partial charge in [-0.3, -0.25) is 0 Å². The standard InChI is InChI=1S/C11H15FN2O2S/c1-17(15,16)10-9(11(10,14)6-13)7-2-4-8(12)5-3-7/h2-5,9-10H,6,13-14H2,1H3/t9-,10-,11-/m0/s1. The summed E-state index contributed by atoms with van der Waals surface area (Å²) >= 11 is 0. The van der Waals surface area contributed by atoms with E-state index in [9.17, 15) is 12.8 Å². The summed E-state index contributed by atoms with van der Waals surface area (Å²) < 4.78 is 36.0. The molecule has 1 aliphatic carbocycles. The summed E-state index contributed by atoms with van der Waals surface area (Å²) in [6.07, 6.45) is 1.15. The van der Waals surface area contributed by atoms with Crippen molar-refractivity contribution < 1.29 is 12.8 Å². The van der Waals surface area contributed by atoms with Crippen molar-refractivity contribution in [1.29, 1.82) is 0 Å². The second-order valence-corrected chi connectivity index (χ2v) is 6.76. The van der Waals surface area contributed by atoms with Gasteiger partial charge >= 0.3 is 0 Å². The van der Waals surface area contributed by atoms with E-state index in [0.717, 1.165) is 11.8 Å². The summed E-state index contributed by atoms with van der Waals surface area (Å²) in [5.74, 6) is -0.705. The molecular formula is C11H15FN2O2S. The molecule has 0 amide bonds. The Kier molecular flexibility index (Phi) is 2.76.